The molecule has 148 valence electrons. The number of para-hydroxylation sites is 1. The molecule has 1 aliphatic heterocycles. The quantitative estimate of drug-likeness (QED) is 0.723. The molecule has 1 N–H and O–H groups in total. The van der Waals surface area contributed by atoms with Crippen LogP contribution in [-0.2, 0) is 11.2 Å². The molecule has 1 aliphatic rings. The lowest BCUT2D eigenvalue weighted by molar-refractivity contribution is -0.115. The van der Waals surface area contributed by atoms with E-state index in [9.17, 15) is 4.79 Å². The molecule has 1 saturated heterocycles. The Bertz CT molecular complexity index is 948. The van der Waals surface area contributed by atoms with Crippen molar-refractivity contribution < 1.29 is 4.79 Å². The number of anilines is 3. The Kier molecular flexibility index (Phi) is 5.75. The summed E-state index contributed by atoms with van der Waals surface area (Å²) < 4.78 is 0. The molecule has 2 aromatic carbocycles. The van der Waals surface area contributed by atoms with Gasteiger partial charge in [0.15, 0.2) is 0 Å². The number of rotatable bonds is 5. The van der Waals surface area contributed by atoms with Crippen molar-refractivity contribution in [1.29, 1.82) is 0 Å². The van der Waals surface area contributed by atoms with Crippen molar-refractivity contribution in [3.05, 3.63) is 84.1 Å². The normalized spacial score (nSPS) is 14.0. The zero-order chi connectivity index (χ0) is 20.1. The molecule has 4 rings (SSSR count). The summed E-state index contributed by atoms with van der Waals surface area (Å²) in [7, 11) is 0. The van der Waals surface area contributed by atoms with E-state index in [0.717, 1.165) is 43.0 Å². The highest BCUT2D eigenvalue weighted by molar-refractivity contribution is 5.91. The minimum absolute atomic E-state index is 0.0488. The first-order valence-corrected chi connectivity index (χ1v) is 10.0. The van der Waals surface area contributed by atoms with Crippen molar-refractivity contribution in [1.82, 2.24) is 4.98 Å². The molecule has 3 aromatic rings. The molecule has 0 atom stereocenters. The number of carbonyl (C=O) groups excluding carboxylic acids is 1. The molecule has 1 aromatic heterocycles. The average Bonchev–Trinajstić information content (AvgIpc) is 2.75. The predicted molar refractivity (Wildman–Crippen MR) is 119 cm³/mol. The standard InChI is InChI=1S/C24H26N4O/c1-19-6-5-7-20(16-19)17-24(29)26-23-11-10-22(18-25-23)28-14-12-27(13-15-28)21-8-3-2-4-9-21/h2-11,16,18H,12-15,17H2,1H3,(H,25,26,29). The molecule has 0 saturated carbocycles. The molecule has 0 unspecified atom stereocenters. The predicted octanol–water partition coefficient (Wildman–Crippen LogP) is 3.90. The van der Waals surface area contributed by atoms with Crippen molar-refractivity contribution in [2.75, 3.05) is 41.3 Å². The molecular weight excluding hydrogens is 360 g/mol. The van der Waals surface area contributed by atoms with E-state index in [1.54, 1.807) is 0 Å². The largest absolute Gasteiger partial charge is 0.368 e. The fraction of sp³-hybridized carbons (Fsp3) is 0.250. The molecule has 0 aliphatic carbocycles. The number of hydrogen-bond acceptors (Lipinski definition) is 4. The van der Waals surface area contributed by atoms with E-state index in [1.165, 1.54) is 5.69 Å². The summed E-state index contributed by atoms with van der Waals surface area (Å²) in [5.41, 5.74) is 4.53. The van der Waals surface area contributed by atoms with Crippen LogP contribution in [0.5, 0.6) is 0 Å². The number of pyridine rings is 1. The Labute approximate surface area is 172 Å². The van der Waals surface area contributed by atoms with Crippen molar-refractivity contribution >= 4 is 23.1 Å². The summed E-state index contributed by atoms with van der Waals surface area (Å²) in [6.07, 6.45) is 2.20. The van der Waals surface area contributed by atoms with Crippen LogP contribution in [0.3, 0.4) is 0 Å². The number of nitrogens with one attached hydrogen (secondary N) is 1. The average molecular weight is 386 g/mol. The Balaban J connectivity index is 1.31. The third kappa shape index (κ3) is 4.93. The zero-order valence-electron chi connectivity index (χ0n) is 16.7. The van der Waals surface area contributed by atoms with Crippen LogP contribution in [0.1, 0.15) is 11.1 Å². The highest BCUT2D eigenvalue weighted by Gasteiger charge is 2.17. The highest BCUT2D eigenvalue weighted by atomic mass is 16.1. The third-order valence-corrected chi connectivity index (χ3v) is 5.23. The van der Waals surface area contributed by atoms with Crippen molar-refractivity contribution in [3.8, 4) is 0 Å². The van der Waals surface area contributed by atoms with Crippen LogP contribution < -0.4 is 15.1 Å². The molecule has 1 amide bonds. The first kappa shape index (κ1) is 19.0. The molecule has 5 nitrogen and oxygen atoms in total. The molecule has 0 bridgehead atoms. The number of nitrogens with zero attached hydrogens (tertiary/aromatic N) is 3. The summed E-state index contributed by atoms with van der Waals surface area (Å²) >= 11 is 0. The monoisotopic (exact) mass is 386 g/mol. The van der Waals surface area contributed by atoms with Gasteiger partial charge in [0.25, 0.3) is 0 Å². The van der Waals surface area contributed by atoms with Crippen molar-refractivity contribution in [2.24, 2.45) is 0 Å². The van der Waals surface area contributed by atoms with E-state index in [2.05, 4.69) is 44.4 Å². The van der Waals surface area contributed by atoms with Gasteiger partial charge < -0.3 is 15.1 Å². The van der Waals surface area contributed by atoms with Gasteiger partial charge in [-0.1, -0.05) is 48.0 Å². The van der Waals surface area contributed by atoms with Crippen LogP contribution in [0.2, 0.25) is 0 Å². The Morgan fingerprint density at radius 3 is 2.28 bits per heavy atom. The second-order valence-corrected chi connectivity index (χ2v) is 7.43. The van der Waals surface area contributed by atoms with Gasteiger partial charge in [0, 0.05) is 31.9 Å². The fourth-order valence-corrected chi connectivity index (χ4v) is 3.70. The lowest BCUT2D eigenvalue weighted by Crippen LogP contribution is -2.46. The van der Waals surface area contributed by atoms with Gasteiger partial charge in [0.1, 0.15) is 5.82 Å². The zero-order valence-corrected chi connectivity index (χ0v) is 16.7. The van der Waals surface area contributed by atoms with Crippen molar-refractivity contribution in [2.45, 2.75) is 13.3 Å². The number of piperazine rings is 1. The van der Waals surface area contributed by atoms with Crippen LogP contribution in [-0.4, -0.2) is 37.1 Å². The van der Waals surface area contributed by atoms with E-state index in [-0.39, 0.29) is 5.91 Å². The molecule has 0 radical (unpaired) electrons. The van der Waals surface area contributed by atoms with Gasteiger partial charge in [-0.15, -0.1) is 0 Å². The molecule has 1 fully saturated rings. The van der Waals surface area contributed by atoms with Gasteiger partial charge in [-0.05, 0) is 36.8 Å². The maximum absolute atomic E-state index is 12.3. The van der Waals surface area contributed by atoms with Crippen LogP contribution in [0.4, 0.5) is 17.2 Å². The van der Waals surface area contributed by atoms with Crippen LogP contribution in [0, 0.1) is 6.92 Å². The van der Waals surface area contributed by atoms with E-state index >= 15 is 0 Å². The fourth-order valence-electron chi connectivity index (χ4n) is 3.70. The molecule has 2 heterocycles. The number of benzene rings is 2. The first-order chi connectivity index (χ1) is 14.2. The van der Waals surface area contributed by atoms with Gasteiger partial charge in [0.05, 0.1) is 18.3 Å². The number of carbonyl (C=O) groups is 1. The summed E-state index contributed by atoms with van der Waals surface area (Å²) in [5.74, 6) is 0.543. The summed E-state index contributed by atoms with van der Waals surface area (Å²) in [4.78, 5) is 21.5. The van der Waals surface area contributed by atoms with Gasteiger partial charge >= 0.3 is 0 Å². The third-order valence-electron chi connectivity index (χ3n) is 5.23. The maximum atomic E-state index is 12.3. The first-order valence-electron chi connectivity index (χ1n) is 10.0. The Morgan fingerprint density at radius 2 is 1.62 bits per heavy atom. The maximum Gasteiger partial charge on any atom is 0.229 e. The number of hydrogen-bond donors (Lipinski definition) is 1. The number of aromatic nitrogens is 1. The minimum Gasteiger partial charge on any atom is -0.368 e. The molecule has 29 heavy (non-hydrogen) atoms. The lowest BCUT2D eigenvalue weighted by Gasteiger charge is -2.37. The van der Waals surface area contributed by atoms with Crippen LogP contribution in [0.15, 0.2) is 72.9 Å². The van der Waals surface area contributed by atoms with E-state index in [1.807, 2.05) is 55.6 Å². The SMILES string of the molecule is Cc1cccc(CC(=O)Nc2ccc(N3CCN(c4ccccc4)CC3)cn2)c1. The van der Waals surface area contributed by atoms with Crippen molar-refractivity contribution in [3.63, 3.8) is 0 Å². The Hall–Kier alpha value is -3.34. The van der Waals surface area contributed by atoms with Gasteiger partial charge in [-0.3, -0.25) is 4.79 Å². The van der Waals surface area contributed by atoms with Gasteiger partial charge in [-0.25, -0.2) is 4.98 Å². The second-order valence-electron chi connectivity index (χ2n) is 7.43. The summed E-state index contributed by atoms with van der Waals surface area (Å²) in [5, 5.41) is 2.89. The summed E-state index contributed by atoms with van der Waals surface area (Å²) in [6.45, 7) is 5.91. The van der Waals surface area contributed by atoms with Gasteiger partial charge in [0.2, 0.25) is 5.91 Å². The molecule has 0 spiro atoms. The summed E-state index contributed by atoms with van der Waals surface area (Å²) in [6, 6.07) is 22.5. The van der Waals surface area contributed by atoms with E-state index < -0.39 is 0 Å². The lowest BCUT2D eigenvalue weighted by atomic mass is 10.1. The number of aryl methyl sites for hydroxylation is 1. The second kappa shape index (κ2) is 8.78. The number of amides is 1. The highest BCUT2D eigenvalue weighted by Crippen LogP contribution is 2.20. The van der Waals surface area contributed by atoms with Crippen LogP contribution in [0.25, 0.3) is 0 Å². The topological polar surface area (TPSA) is 48.5 Å². The minimum atomic E-state index is -0.0488. The smallest absolute Gasteiger partial charge is 0.229 e. The van der Waals surface area contributed by atoms with E-state index in [4.69, 9.17) is 0 Å². The Morgan fingerprint density at radius 1 is 0.897 bits per heavy atom. The molecular formula is C24H26N4O. The molecule has 5 heteroatoms. The van der Waals surface area contributed by atoms with E-state index in [0.29, 0.717) is 12.2 Å². The van der Waals surface area contributed by atoms with Crippen LogP contribution >= 0.6 is 0 Å². The van der Waals surface area contributed by atoms with Gasteiger partial charge in [-0.2, -0.15) is 0 Å².